The Hall–Kier alpha value is -4.70. The average Bonchev–Trinajstić information content (AvgIpc) is 3.01. The van der Waals surface area contributed by atoms with Gasteiger partial charge in [0.15, 0.2) is 28.5 Å². The van der Waals surface area contributed by atoms with Crippen molar-refractivity contribution in [3.8, 4) is 11.5 Å². The van der Waals surface area contributed by atoms with Crippen LogP contribution in [0.4, 0.5) is 0 Å². The SMILES string of the molecule is O=c1cc(CCc2ccccc2)oc2c1[C@H](Oc1cc3c(=O)cc(CCc4ccccc4)oc3cc1O)[C@@H](O)[C@@H](O)[C@@H]2O. The van der Waals surface area contributed by atoms with E-state index in [9.17, 15) is 30.0 Å². The van der Waals surface area contributed by atoms with Crippen molar-refractivity contribution in [3.63, 3.8) is 0 Å². The zero-order valence-corrected chi connectivity index (χ0v) is 23.1. The van der Waals surface area contributed by atoms with Gasteiger partial charge in [0, 0.05) is 31.0 Å². The summed E-state index contributed by atoms with van der Waals surface area (Å²) >= 11 is 0. The monoisotopic (exact) mass is 582 g/mol. The normalized spacial score (nSPS) is 19.7. The first-order valence-electron chi connectivity index (χ1n) is 14.0. The van der Waals surface area contributed by atoms with Crippen LogP contribution >= 0.6 is 0 Å². The minimum Gasteiger partial charge on any atom is -0.504 e. The summed E-state index contributed by atoms with van der Waals surface area (Å²) < 4.78 is 17.6. The van der Waals surface area contributed by atoms with Gasteiger partial charge in [-0.25, -0.2) is 0 Å². The van der Waals surface area contributed by atoms with Gasteiger partial charge in [-0.2, -0.15) is 0 Å². The van der Waals surface area contributed by atoms with Crippen LogP contribution in [0.15, 0.2) is 103 Å². The second-order valence-electron chi connectivity index (χ2n) is 10.7. The average molecular weight is 583 g/mol. The number of hydrogen-bond donors (Lipinski definition) is 4. The molecule has 4 N–H and O–H groups in total. The first kappa shape index (κ1) is 28.4. The van der Waals surface area contributed by atoms with Gasteiger partial charge >= 0.3 is 0 Å². The number of aromatic hydroxyl groups is 1. The van der Waals surface area contributed by atoms with Crippen molar-refractivity contribution < 1.29 is 34.0 Å². The van der Waals surface area contributed by atoms with Gasteiger partial charge in [-0.1, -0.05) is 60.7 Å². The maximum atomic E-state index is 13.3. The van der Waals surface area contributed by atoms with Crippen molar-refractivity contribution in [1.82, 2.24) is 0 Å². The second-order valence-corrected chi connectivity index (χ2v) is 10.7. The van der Waals surface area contributed by atoms with Gasteiger partial charge in [-0.15, -0.1) is 0 Å². The van der Waals surface area contributed by atoms with Crippen LogP contribution < -0.4 is 15.6 Å². The minimum atomic E-state index is -1.75. The lowest BCUT2D eigenvalue weighted by Crippen LogP contribution is -2.46. The topological polar surface area (TPSA) is 151 Å². The largest absolute Gasteiger partial charge is 0.504 e. The van der Waals surface area contributed by atoms with E-state index >= 15 is 0 Å². The highest BCUT2D eigenvalue weighted by atomic mass is 16.5. The molecule has 0 saturated heterocycles. The van der Waals surface area contributed by atoms with Crippen molar-refractivity contribution in [2.75, 3.05) is 0 Å². The van der Waals surface area contributed by atoms with E-state index in [-0.39, 0.29) is 33.5 Å². The number of fused-ring (bicyclic) bond motifs is 2. The quantitative estimate of drug-likeness (QED) is 0.214. The summed E-state index contributed by atoms with van der Waals surface area (Å²) in [7, 11) is 0. The molecule has 43 heavy (non-hydrogen) atoms. The molecule has 3 aromatic carbocycles. The van der Waals surface area contributed by atoms with Crippen LogP contribution in [0.3, 0.4) is 0 Å². The van der Waals surface area contributed by atoms with Crippen LogP contribution in [0.1, 0.15) is 46.2 Å². The molecule has 0 aliphatic heterocycles. The van der Waals surface area contributed by atoms with Crippen molar-refractivity contribution in [2.45, 2.75) is 50.1 Å². The minimum absolute atomic E-state index is 0.116. The lowest BCUT2D eigenvalue weighted by Gasteiger charge is -2.35. The predicted octanol–water partition coefficient (Wildman–Crippen LogP) is 3.91. The molecular formula is C34H30O9. The Balaban J connectivity index is 1.29. The molecule has 1 aliphatic carbocycles. The molecule has 9 nitrogen and oxygen atoms in total. The third-order valence-electron chi connectivity index (χ3n) is 7.72. The summed E-state index contributed by atoms with van der Waals surface area (Å²) in [6, 6.07) is 24.5. The van der Waals surface area contributed by atoms with Crippen LogP contribution in [-0.2, 0) is 25.7 Å². The van der Waals surface area contributed by atoms with Gasteiger partial charge in [0.2, 0.25) is 0 Å². The lowest BCUT2D eigenvalue weighted by atomic mass is 9.86. The smallest absolute Gasteiger partial charge is 0.193 e. The summed E-state index contributed by atoms with van der Waals surface area (Å²) in [4.78, 5) is 26.3. The first-order chi connectivity index (χ1) is 20.8. The third-order valence-corrected chi connectivity index (χ3v) is 7.72. The summed E-state index contributed by atoms with van der Waals surface area (Å²) in [5, 5.41) is 43.0. The fourth-order valence-electron chi connectivity index (χ4n) is 5.41. The van der Waals surface area contributed by atoms with Crippen molar-refractivity contribution in [2.24, 2.45) is 0 Å². The van der Waals surface area contributed by atoms with E-state index in [2.05, 4.69) is 0 Å². The summed E-state index contributed by atoms with van der Waals surface area (Å²) in [5.74, 6) is -0.106. The van der Waals surface area contributed by atoms with Gasteiger partial charge in [-0.3, -0.25) is 9.59 Å². The second kappa shape index (κ2) is 11.9. The van der Waals surface area contributed by atoms with E-state index in [1.54, 1.807) is 0 Å². The standard InChI is InChI=1S/C34H30O9/c35-24-15-21(13-11-19-7-3-1-4-8-19)41-27-18-25(36)28(17-23(24)27)43-34-29-26(37)16-22(14-12-20-9-5-2-6-10-20)42-33(29)31(39)30(38)32(34)40/h1-10,15-18,30-32,34,36,38-40H,11-14H2/t30-,31-,32-,34-/m0/s1. The number of aliphatic hydroxyl groups is 3. The molecule has 0 radical (unpaired) electrons. The molecule has 0 fully saturated rings. The van der Waals surface area contributed by atoms with E-state index < -0.39 is 35.6 Å². The fraction of sp³-hybridized carbons (Fsp3) is 0.235. The van der Waals surface area contributed by atoms with E-state index in [1.807, 2.05) is 60.7 Å². The predicted molar refractivity (Wildman–Crippen MR) is 157 cm³/mol. The third kappa shape index (κ3) is 5.83. The lowest BCUT2D eigenvalue weighted by molar-refractivity contribution is -0.122. The molecule has 4 atom stereocenters. The molecule has 0 saturated carbocycles. The number of rotatable bonds is 8. The van der Waals surface area contributed by atoms with Crippen molar-refractivity contribution >= 4 is 11.0 Å². The van der Waals surface area contributed by atoms with Gasteiger partial charge in [-0.05, 0) is 30.0 Å². The summed E-state index contributed by atoms with van der Waals surface area (Å²) in [6.45, 7) is 0. The fourth-order valence-corrected chi connectivity index (χ4v) is 5.41. The molecule has 0 unspecified atom stereocenters. The Morgan fingerprint density at radius 1 is 0.674 bits per heavy atom. The Bertz CT molecular complexity index is 1860. The number of aliphatic hydroxyl groups excluding tert-OH is 3. The number of hydrogen-bond acceptors (Lipinski definition) is 9. The van der Waals surface area contributed by atoms with E-state index in [1.165, 1.54) is 24.3 Å². The van der Waals surface area contributed by atoms with Crippen LogP contribution in [0.25, 0.3) is 11.0 Å². The molecule has 0 spiro atoms. The molecule has 2 heterocycles. The molecule has 2 aromatic heterocycles. The molecule has 0 bridgehead atoms. The molecule has 220 valence electrons. The van der Waals surface area contributed by atoms with Crippen LogP contribution in [-0.4, -0.2) is 32.6 Å². The van der Waals surface area contributed by atoms with Crippen molar-refractivity contribution in [3.05, 3.63) is 139 Å². The first-order valence-corrected chi connectivity index (χ1v) is 14.0. The van der Waals surface area contributed by atoms with Crippen molar-refractivity contribution in [1.29, 1.82) is 0 Å². The molecule has 9 heteroatoms. The highest BCUT2D eigenvalue weighted by Crippen LogP contribution is 2.41. The molecule has 5 aromatic rings. The van der Waals surface area contributed by atoms with Gasteiger partial charge < -0.3 is 34.0 Å². The van der Waals surface area contributed by atoms with E-state index in [0.717, 1.165) is 11.1 Å². The Morgan fingerprint density at radius 3 is 1.88 bits per heavy atom. The van der Waals surface area contributed by atoms with E-state index in [0.29, 0.717) is 37.2 Å². The number of phenols is 1. The Labute approximate surface area is 245 Å². The number of benzene rings is 3. The zero-order chi connectivity index (χ0) is 30.1. The van der Waals surface area contributed by atoms with Gasteiger partial charge in [0.25, 0.3) is 0 Å². The Morgan fingerprint density at radius 2 is 1.26 bits per heavy atom. The van der Waals surface area contributed by atoms with Crippen LogP contribution in [0.2, 0.25) is 0 Å². The maximum absolute atomic E-state index is 13.3. The number of phenolic OH excluding ortho intramolecular Hbond substituents is 1. The highest BCUT2D eigenvalue weighted by Gasteiger charge is 2.46. The molecule has 1 aliphatic rings. The zero-order valence-electron chi connectivity index (χ0n) is 23.1. The summed E-state index contributed by atoms with van der Waals surface area (Å²) in [6.07, 6.45) is -4.61. The summed E-state index contributed by atoms with van der Waals surface area (Å²) in [5.41, 5.74) is 1.14. The number of ether oxygens (including phenoxy) is 1. The van der Waals surface area contributed by atoms with Crippen LogP contribution in [0.5, 0.6) is 11.5 Å². The maximum Gasteiger partial charge on any atom is 0.193 e. The molecule has 0 amide bonds. The highest BCUT2D eigenvalue weighted by molar-refractivity contribution is 5.80. The van der Waals surface area contributed by atoms with Crippen LogP contribution in [0, 0.1) is 0 Å². The number of aryl methyl sites for hydroxylation is 4. The van der Waals surface area contributed by atoms with Gasteiger partial charge in [0.05, 0.1) is 10.9 Å². The van der Waals surface area contributed by atoms with Gasteiger partial charge in [0.1, 0.15) is 41.2 Å². The van der Waals surface area contributed by atoms with E-state index in [4.69, 9.17) is 13.6 Å². The molecular weight excluding hydrogens is 552 g/mol. The Kier molecular flexibility index (Phi) is 7.86. The molecule has 6 rings (SSSR count).